The highest BCUT2D eigenvalue weighted by Crippen LogP contribution is 2.44. The second-order valence-corrected chi connectivity index (χ2v) is 33.8. The number of carboxylic acids is 2. The van der Waals surface area contributed by atoms with Crippen LogP contribution >= 0.6 is 58.8 Å². The molecule has 0 unspecified atom stereocenters. The molecule has 0 spiro atoms. The van der Waals surface area contributed by atoms with E-state index in [1.54, 1.807) is 79.3 Å². The number of nitriles is 1. The summed E-state index contributed by atoms with van der Waals surface area (Å²) in [6.45, 7) is 27.4. The number of amides is 1. The second kappa shape index (κ2) is 41.5. The number of nitrogens with zero attached hydrogens (tertiary/aromatic N) is 13. The van der Waals surface area contributed by atoms with E-state index < -0.39 is 29.2 Å². The van der Waals surface area contributed by atoms with Crippen LogP contribution in [0.25, 0.3) is 33.8 Å². The molecule has 30 nitrogen and oxygen atoms in total. The zero-order chi connectivity index (χ0) is 86.6. The summed E-state index contributed by atoms with van der Waals surface area (Å²) in [6.07, 6.45) is 20.9. The van der Waals surface area contributed by atoms with Crippen molar-refractivity contribution in [2.45, 2.75) is 185 Å². The fourth-order valence-electron chi connectivity index (χ4n) is 13.8. The molecule has 12 N–H and O–H groups in total. The van der Waals surface area contributed by atoms with Crippen LogP contribution in [0.15, 0.2) is 158 Å². The minimum absolute atomic E-state index is 0. The average Bonchev–Trinajstić information content (AvgIpc) is 1.62. The highest BCUT2D eigenvalue weighted by atomic mass is 35.5. The number of halogens is 6. The summed E-state index contributed by atoms with van der Waals surface area (Å²) >= 11 is 24.3. The van der Waals surface area contributed by atoms with Crippen molar-refractivity contribution in [3.63, 3.8) is 0 Å². The van der Waals surface area contributed by atoms with E-state index in [1.807, 2.05) is 45.6 Å². The molecule has 628 valence electrons. The summed E-state index contributed by atoms with van der Waals surface area (Å²) in [5.74, 6) is -1.53. The van der Waals surface area contributed by atoms with Crippen LogP contribution in [0.1, 0.15) is 178 Å². The molecule has 3 fully saturated rings. The van der Waals surface area contributed by atoms with Crippen molar-refractivity contribution in [2.75, 3.05) is 36.7 Å². The van der Waals surface area contributed by atoms with E-state index in [0.717, 1.165) is 66.7 Å². The maximum absolute atomic E-state index is 12.0. The number of carbonyl (C=O) groups excluding carboxylic acids is 1. The van der Waals surface area contributed by atoms with Gasteiger partial charge in [0.1, 0.15) is 6.54 Å². The van der Waals surface area contributed by atoms with Crippen molar-refractivity contribution in [1.82, 2.24) is 64.6 Å². The number of anilines is 5. The van der Waals surface area contributed by atoms with Gasteiger partial charge >= 0.3 is 11.9 Å². The highest BCUT2D eigenvalue weighted by Gasteiger charge is 2.43. The van der Waals surface area contributed by atoms with Crippen molar-refractivity contribution in [3.8, 4) is 39.8 Å². The van der Waals surface area contributed by atoms with Crippen LogP contribution in [0.5, 0.6) is 0 Å². The smallest absolute Gasteiger partial charge is 0.335 e. The van der Waals surface area contributed by atoms with Gasteiger partial charge in [-0.3, -0.25) is 27.8 Å². The Kier molecular flexibility index (Phi) is 33.4. The molecular weight excluding hydrogens is 1630 g/mol. The largest absolute Gasteiger partial charge is 0.478 e. The van der Waals surface area contributed by atoms with E-state index in [2.05, 4.69) is 156 Å². The molecule has 3 saturated heterocycles. The first-order chi connectivity index (χ1) is 54.7. The van der Waals surface area contributed by atoms with E-state index in [1.165, 1.54) is 55.0 Å². The van der Waals surface area contributed by atoms with Gasteiger partial charge in [-0.15, -0.1) is 12.4 Å². The topological polar surface area (TPSA) is 442 Å². The Morgan fingerprint density at radius 2 is 0.863 bits per heavy atom. The first kappa shape index (κ1) is 94.3. The zero-order valence-corrected chi connectivity index (χ0v) is 71.5. The maximum atomic E-state index is 12.0. The van der Waals surface area contributed by atoms with E-state index in [4.69, 9.17) is 87.7 Å². The molecule has 0 radical (unpaired) electrons. The Bertz CT molecular complexity index is 5110. The van der Waals surface area contributed by atoms with E-state index in [-0.39, 0.29) is 98.5 Å². The lowest BCUT2D eigenvalue weighted by Crippen LogP contribution is -2.45. The summed E-state index contributed by atoms with van der Waals surface area (Å²) in [5.41, 5.74) is 21.5. The van der Waals surface area contributed by atoms with Crippen molar-refractivity contribution < 1.29 is 57.5 Å². The second-order valence-electron chi connectivity index (χ2n) is 30.8. The number of aryl methyl sites for hydroxylation is 1. The van der Waals surface area contributed by atoms with Crippen molar-refractivity contribution in [1.29, 1.82) is 5.26 Å². The van der Waals surface area contributed by atoms with Gasteiger partial charge < -0.3 is 57.6 Å². The van der Waals surface area contributed by atoms with Gasteiger partial charge in [-0.05, 0) is 189 Å². The molecule has 9 heterocycles. The molecule has 6 aromatic heterocycles. The number of ether oxygens (including phenoxy) is 3. The number of nitrogen functional groups attached to an aromatic ring is 1. The number of carbonyl (C=O) groups is 3. The first-order valence-corrected chi connectivity index (χ1v) is 39.2. The van der Waals surface area contributed by atoms with E-state index >= 15 is 0 Å². The molecule has 37 heteroatoms. The van der Waals surface area contributed by atoms with Gasteiger partial charge in [0, 0.05) is 47.5 Å². The zero-order valence-electron chi connectivity index (χ0n) is 67.9. The predicted molar refractivity (Wildman–Crippen MR) is 453 cm³/mol. The summed E-state index contributed by atoms with van der Waals surface area (Å²) in [4.78, 5) is 59.1. The molecule has 0 atom stereocenters. The predicted octanol–water partition coefficient (Wildman–Crippen LogP) is 16.9. The SMILES string of the molecule is CC1(C)CC(n2cc(N)cn2)CC(C)(C)O1.CC1(C)CC(n2cc(Nc3ncc(Cl)c(-c4ccc(C(=O)NCC#N)cc4)n3)cn2)CC(C)(C)O1.CC1(C)CC(n2cc(Nc3ncc(Cl)c(-c4ccc(C(=O)O)cc4)n3)cn2)CC(C)(C)O1.Cc1ccc(S(=O)(=O)O)cc1.Cl.NCN.O=C(O)c1ccc(-c2nc(Cl)ncc2Cl)cc1.[2H]CF. The van der Waals surface area contributed by atoms with Crippen molar-refractivity contribution in [3.05, 3.63) is 195 Å². The number of nitrogens with one attached hydrogen (secondary N) is 3. The number of alkyl halides is 1. The van der Waals surface area contributed by atoms with Crippen molar-refractivity contribution >= 4 is 116 Å². The summed E-state index contributed by atoms with van der Waals surface area (Å²) in [5, 5.41) is 50.0. The van der Waals surface area contributed by atoms with Gasteiger partial charge in [0.15, 0.2) is 0 Å². The number of carboxylic acid groups (broad SMARTS) is 2. The standard InChI is InChI=1S/C25H28ClN7O2.C23H26ClN5O3.C12H21N3O.C11H6Cl2N2O2.C7H8O3S.CH3F.CH6N2.ClH/c1-24(2)11-19(12-25(3,4)35-24)33-15-18(13-30-33)31-23-29-14-20(26)21(32-23)16-5-7-17(8-6-16)22(34)28-10-9-27;1-22(2)9-17(10-23(3,4)32-22)29-13-16(11-26-29)27-21-25-12-18(24)19(28-21)14-5-7-15(8-6-14)20(30)31;1-11(2)5-10(6-12(3,4)16-11)15-8-9(13)7-14-15;12-8-5-14-11(13)15-9(8)6-1-3-7(4-2-6)10(16)17;1-6-2-4-7(5-3-6)11(8,9)10;1-2;2-1-3;/h5-8,13-15,19H,10-12H2,1-4H3,(H,28,34)(H,29,31,32);5-8,11-13,17H,9-10H2,1-4H3,(H,30,31)(H,25,27,28);7-8,10H,5-6,13H2,1-4H3;1-5H,(H,16,17);2-5H,1H3,(H,8,9,10);1H3;1-3H2;1H/i;;;;;1D;;. The molecule has 13 rings (SSSR count). The number of aromatic nitrogens is 12. The molecule has 10 aromatic rings. The Morgan fingerprint density at radius 1 is 0.547 bits per heavy atom. The minimum Gasteiger partial charge on any atom is -0.478 e. The van der Waals surface area contributed by atoms with Crippen LogP contribution in [-0.4, -0.2) is 154 Å². The van der Waals surface area contributed by atoms with Crippen LogP contribution < -0.4 is 33.2 Å². The van der Waals surface area contributed by atoms with Crippen LogP contribution in [0.2, 0.25) is 20.4 Å². The molecule has 3 aliphatic rings. The third-order valence-corrected chi connectivity index (χ3v) is 19.4. The number of hydrogen-bond acceptors (Lipinski definition) is 23. The Balaban J connectivity index is 0.000000237. The molecule has 0 saturated carbocycles. The van der Waals surface area contributed by atoms with Crippen LogP contribution in [-0.2, 0) is 24.3 Å². The summed E-state index contributed by atoms with van der Waals surface area (Å²) in [7, 11) is -5.02. The minimum atomic E-state index is -4.02. The van der Waals surface area contributed by atoms with Crippen molar-refractivity contribution in [2.24, 2.45) is 11.5 Å². The number of rotatable bonds is 15. The fraction of sp³-hybridized carbons (Fsp3) is 0.388. The Hall–Kier alpha value is -9.86. The van der Waals surface area contributed by atoms with Gasteiger partial charge in [-0.25, -0.2) is 39.5 Å². The van der Waals surface area contributed by atoms with E-state index in [9.17, 15) is 27.2 Å². The van der Waals surface area contributed by atoms with Gasteiger partial charge in [0.05, 0.1) is 169 Å². The lowest BCUT2D eigenvalue weighted by molar-refractivity contribution is -0.171. The molecule has 3 aliphatic heterocycles. The molecular formula is C80H99Cl5FN19O11S. The van der Waals surface area contributed by atoms with Crippen LogP contribution in [0.3, 0.4) is 0 Å². The van der Waals surface area contributed by atoms with Gasteiger partial charge in [-0.2, -0.15) is 29.0 Å². The molecule has 117 heavy (non-hydrogen) atoms. The number of aromatic carboxylic acids is 2. The fourth-order valence-corrected chi connectivity index (χ4v) is 15.0. The number of benzene rings is 4. The first-order valence-electron chi connectivity index (χ1n) is 36.9. The lowest BCUT2D eigenvalue weighted by atomic mass is 9.85. The molecule has 0 bridgehead atoms. The molecule has 1 amide bonds. The number of hydrogen-bond donors (Lipinski definition) is 9. The lowest BCUT2D eigenvalue weighted by Gasteiger charge is -2.45. The maximum Gasteiger partial charge on any atom is 0.335 e. The Labute approximate surface area is 707 Å². The quantitative estimate of drug-likeness (QED) is 0.0199. The van der Waals surface area contributed by atoms with Gasteiger partial charge in [-0.1, -0.05) is 88.9 Å². The monoisotopic (exact) mass is 1730 g/mol. The Morgan fingerprint density at radius 3 is 1.18 bits per heavy atom. The summed E-state index contributed by atoms with van der Waals surface area (Å²) < 4.78 is 69.4. The van der Waals surface area contributed by atoms with Gasteiger partial charge in [0.25, 0.3) is 16.0 Å². The van der Waals surface area contributed by atoms with E-state index in [0.29, 0.717) is 66.8 Å². The summed E-state index contributed by atoms with van der Waals surface area (Å²) in [6, 6.07) is 28.1. The highest BCUT2D eigenvalue weighted by molar-refractivity contribution is 7.85. The van der Waals surface area contributed by atoms with Crippen LogP contribution in [0, 0.1) is 18.3 Å². The van der Waals surface area contributed by atoms with Gasteiger partial charge in [0.2, 0.25) is 17.2 Å². The third-order valence-electron chi connectivity index (χ3n) is 17.6. The average molecular weight is 1730 g/mol. The molecule has 0 aliphatic carbocycles. The normalized spacial score (nSPS) is 16.2. The number of nitrogens with two attached hydrogens (primary N) is 3. The third kappa shape index (κ3) is 29.3. The van der Waals surface area contributed by atoms with Crippen LogP contribution in [0.4, 0.5) is 33.3 Å². The molecule has 4 aromatic carbocycles.